The van der Waals surface area contributed by atoms with Crippen LogP contribution in [0.25, 0.3) is 43.4 Å². The Morgan fingerprint density at radius 3 is 1.83 bits per heavy atom. The van der Waals surface area contributed by atoms with Crippen molar-refractivity contribution in [2.45, 2.75) is 86.1 Å². The number of alkyl halides is 4. The molecular weight excluding hydrogens is 769 g/mol. The van der Waals surface area contributed by atoms with Crippen molar-refractivity contribution >= 4 is 60.8 Å². The molecule has 1 unspecified atom stereocenters. The van der Waals surface area contributed by atoms with E-state index in [-0.39, 0.29) is 17.2 Å². The molecule has 0 N–H and O–H groups in total. The van der Waals surface area contributed by atoms with Crippen molar-refractivity contribution in [1.82, 2.24) is 4.57 Å². The Morgan fingerprint density at radius 1 is 0.750 bits per heavy atom. The fourth-order valence-electron chi connectivity index (χ4n) is 8.56. The fourth-order valence-corrected chi connectivity index (χ4v) is 8.56. The average Bonchev–Trinajstić information content (AvgIpc) is 3.54. The number of unbranched alkanes of at least 4 members (excludes halogenated alkanes) is 1. The van der Waals surface area contributed by atoms with Gasteiger partial charge in [-0.1, -0.05) is 104 Å². The van der Waals surface area contributed by atoms with Crippen LogP contribution in [0.2, 0.25) is 0 Å². The van der Waals surface area contributed by atoms with Crippen LogP contribution in [0.15, 0.2) is 102 Å². The van der Waals surface area contributed by atoms with E-state index in [4.69, 9.17) is 9.57 Å². The van der Waals surface area contributed by atoms with Crippen molar-refractivity contribution in [3.05, 3.63) is 136 Å². The van der Waals surface area contributed by atoms with Crippen LogP contribution in [0.5, 0.6) is 5.75 Å². The third kappa shape index (κ3) is 8.12. The molecule has 0 aliphatic rings. The van der Waals surface area contributed by atoms with E-state index >= 15 is 0 Å². The van der Waals surface area contributed by atoms with Gasteiger partial charge in [-0.25, -0.2) is 13.6 Å². The normalized spacial score (nSPS) is 12.9. The Hall–Kier alpha value is -6.03. The smallest absolute Gasteiger partial charge is 0.340 e. The molecule has 60 heavy (non-hydrogen) atoms. The van der Waals surface area contributed by atoms with E-state index < -0.39 is 24.9 Å². The highest BCUT2D eigenvalue weighted by Crippen LogP contribution is 2.42. The van der Waals surface area contributed by atoms with Crippen molar-refractivity contribution in [1.29, 1.82) is 0 Å². The minimum absolute atomic E-state index is 0.0500. The molecule has 6 aromatic carbocycles. The number of aryl methyl sites for hydroxylation is 3. The lowest BCUT2D eigenvalue weighted by Crippen LogP contribution is -2.33. The summed E-state index contributed by atoms with van der Waals surface area (Å²) < 4.78 is 60.6. The minimum atomic E-state index is -4.32. The van der Waals surface area contributed by atoms with E-state index in [1.165, 1.54) is 19.1 Å². The zero-order valence-electron chi connectivity index (χ0n) is 34.7. The number of carbonyl (C=O) groups is 2. The van der Waals surface area contributed by atoms with Crippen molar-refractivity contribution in [3.63, 3.8) is 0 Å². The van der Waals surface area contributed by atoms with Crippen LogP contribution in [0.1, 0.15) is 90.2 Å². The van der Waals surface area contributed by atoms with Gasteiger partial charge in [0.2, 0.25) is 0 Å². The summed E-state index contributed by atoms with van der Waals surface area (Å²) in [6, 6.07) is 30.0. The number of ether oxygens (including phenoxy) is 1. The summed E-state index contributed by atoms with van der Waals surface area (Å²) in [5.74, 6) is -4.72. The maximum absolute atomic E-state index is 14.9. The van der Waals surface area contributed by atoms with Crippen LogP contribution < -0.4 is 4.74 Å². The highest BCUT2D eigenvalue weighted by atomic mass is 19.3. The second kappa shape index (κ2) is 17.3. The van der Waals surface area contributed by atoms with Crippen molar-refractivity contribution in [2.24, 2.45) is 11.1 Å². The number of carbonyl (C=O) groups excluding carboxylic acids is 2. The molecule has 310 valence electrons. The first-order valence-electron chi connectivity index (χ1n) is 20.4. The molecule has 1 aromatic heterocycles. The Labute approximate surface area is 346 Å². The second-order valence-corrected chi connectivity index (χ2v) is 15.8. The van der Waals surface area contributed by atoms with E-state index in [1.54, 1.807) is 12.1 Å². The standard InChI is InChI=1S/C50H48F4N2O4/c1-7-9-14-33(8-2)27-56-46-38-17-12-10-15-36(38)40(45(55-60-32(6)57)34-19-21-35(22-20-34)59-28-50(53,54)49(51)52)25-41(46)42-26-43(37-16-11-13-18-39(37)47(42)56)48(58)44-30(4)23-29(3)24-31(44)5/h10-13,15-26,33,49H,7-9,14,27-28H2,1-6H3/b55-45-. The van der Waals surface area contributed by atoms with Gasteiger partial charge in [-0.15, -0.1) is 0 Å². The summed E-state index contributed by atoms with van der Waals surface area (Å²) in [6.07, 6.45) is 0.353. The number of hydrogen-bond donors (Lipinski definition) is 0. The summed E-state index contributed by atoms with van der Waals surface area (Å²) in [4.78, 5) is 32.4. The monoisotopic (exact) mass is 816 g/mol. The number of nitrogens with zero attached hydrogens (tertiary/aromatic N) is 2. The molecule has 0 radical (unpaired) electrons. The van der Waals surface area contributed by atoms with Crippen LogP contribution >= 0.6 is 0 Å². The topological polar surface area (TPSA) is 69.9 Å². The SMILES string of the molecule is CCCCC(CC)Cn1c2c3ccccc3c(C(=O)c3c(C)cc(C)cc3C)cc2c2cc(/C(=N\OC(C)=O)c3ccc(OCC(F)(F)C(F)F)cc3)c3ccccc3c21. The van der Waals surface area contributed by atoms with Crippen LogP contribution in [-0.2, 0) is 16.2 Å². The molecule has 7 aromatic rings. The van der Waals surface area contributed by atoms with Crippen LogP contribution in [0.3, 0.4) is 0 Å². The predicted molar refractivity (Wildman–Crippen MR) is 232 cm³/mol. The number of oxime groups is 1. The Bertz CT molecular complexity index is 2770. The van der Waals surface area contributed by atoms with Gasteiger partial charge in [0.05, 0.1) is 11.0 Å². The summed E-state index contributed by atoms with van der Waals surface area (Å²) in [7, 11) is 0. The average molecular weight is 817 g/mol. The molecule has 10 heteroatoms. The first-order valence-corrected chi connectivity index (χ1v) is 20.4. The number of hydrogen-bond acceptors (Lipinski definition) is 5. The maximum Gasteiger partial charge on any atom is 0.340 e. The van der Waals surface area contributed by atoms with Gasteiger partial charge in [-0.3, -0.25) is 4.79 Å². The van der Waals surface area contributed by atoms with Crippen molar-refractivity contribution in [3.8, 4) is 5.75 Å². The third-order valence-electron chi connectivity index (χ3n) is 11.4. The number of benzene rings is 6. The lowest BCUT2D eigenvalue weighted by molar-refractivity contribution is -0.148. The van der Waals surface area contributed by atoms with E-state index in [2.05, 4.69) is 35.7 Å². The summed E-state index contributed by atoms with van der Waals surface area (Å²) >= 11 is 0. The Balaban J connectivity index is 1.53. The van der Waals surface area contributed by atoms with Crippen molar-refractivity contribution in [2.75, 3.05) is 6.61 Å². The molecule has 0 amide bonds. The predicted octanol–water partition coefficient (Wildman–Crippen LogP) is 13.1. The largest absolute Gasteiger partial charge is 0.487 e. The lowest BCUT2D eigenvalue weighted by Gasteiger charge is -2.20. The molecule has 0 saturated carbocycles. The number of ketones is 1. The first kappa shape index (κ1) is 42.1. The van der Waals surface area contributed by atoms with Gasteiger partial charge in [0.1, 0.15) is 11.5 Å². The maximum atomic E-state index is 14.9. The second-order valence-electron chi connectivity index (χ2n) is 15.8. The molecule has 6 nitrogen and oxygen atoms in total. The highest BCUT2D eigenvalue weighted by Gasteiger charge is 2.41. The zero-order chi connectivity index (χ0) is 42.9. The summed E-state index contributed by atoms with van der Waals surface area (Å²) in [6.45, 7) is 10.9. The molecule has 1 heterocycles. The number of halogens is 4. The Morgan fingerprint density at radius 2 is 1.30 bits per heavy atom. The van der Waals surface area contributed by atoms with Crippen LogP contribution in [0, 0.1) is 26.7 Å². The molecule has 0 aliphatic heterocycles. The number of fused-ring (bicyclic) bond motifs is 7. The molecule has 7 rings (SSSR count). The lowest BCUT2D eigenvalue weighted by atomic mass is 9.89. The van der Waals surface area contributed by atoms with Crippen LogP contribution in [-0.4, -0.2) is 41.0 Å². The quantitative estimate of drug-likeness (QED) is 0.0340. The van der Waals surface area contributed by atoms with Crippen molar-refractivity contribution < 1.29 is 36.7 Å². The molecule has 0 fully saturated rings. The van der Waals surface area contributed by atoms with E-state index in [0.29, 0.717) is 28.2 Å². The van der Waals surface area contributed by atoms with E-state index in [1.807, 2.05) is 81.4 Å². The molecule has 0 bridgehead atoms. The first-order chi connectivity index (χ1) is 28.7. The highest BCUT2D eigenvalue weighted by molar-refractivity contribution is 6.31. The number of rotatable bonds is 15. The minimum Gasteiger partial charge on any atom is -0.487 e. The Kier molecular flexibility index (Phi) is 12.1. The molecular formula is C50H48F4N2O4. The van der Waals surface area contributed by atoms with E-state index in [0.717, 1.165) is 92.3 Å². The fraction of sp³-hybridized carbons (Fsp3) is 0.300. The molecule has 0 saturated heterocycles. The van der Waals surface area contributed by atoms with Gasteiger partial charge < -0.3 is 14.1 Å². The number of aromatic nitrogens is 1. The van der Waals surface area contributed by atoms with Gasteiger partial charge >= 0.3 is 18.3 Å². The van der Waals surface area contributed by atoms with E-state index in [9.17, 15) is 27.2 Å². The van der Waals surface area contributed by atoms with Gasteiger partial charge in [0.25, 0.3) is 0 Å². The molecule has 0 spiro atoms. The van der Waals surface area contributed by atoms with Gasteiger partial charge in [-0.05, 0) is 91.4 Å². The summed E-state index contributed by atoms with van der Waals surface area (Å²) in [5.41, 5.74) is 7.49. The zero-order valence-corrected chi connectivity index (χ0v) is 34.7. The van der Waals surface area contributed by atoms with Gasteiger partial charge in [0, 0.05) is 57.3 Å². The van der Waals surface area contributed by atoms with Crippen LogP contribution in [0.4, 0.5) is 17.6 Å². The van der Waals surface area contributed by atoms with Gasteiger partial charge in [-0.2, -0.15) is 8.78 Å². The van der Waals surface area contributed by atoms with Gasteiger partial charge in [0.15, 0.2) is 12.4 Å². The molecule has 1 atom stereocenters. The molecule has 0 aliphatic carbocycles. The summed E-state index contributed by atoms with van der Waals surface area (Å²) in [5, 5.41) is 9.63. The third-order valence-corrected chi connectivity index (χ3v) is 11.4.